The van der Waals surface area contributed by atoms with Crippen molar-refractivity contribution in [3.8, 4) is 5.75 Å². The van der Waals surface area contributed by atoms with Gasteiger partial charge in [0.1, 0.15) is 59.2 Å². The number of unbranched alkanes of at least 4 members (excludes halogenated alkanes) is 5. The molecule has 2 amide bonds. The van der Waals surface area contributed by atoms with Crippen LogP contribution in [0.5, 0.6) is 5.75 Å². The summed E-state index contributed by atoms with van der Waals surface area (Å²) in [6, 6.07) is 23.1. The number of anilines is 1. The van der Waals surface area contributed by atoms with Crippen molar-refractivity contribution in [3.63, 3.8) is 0 Å². The molecule has 3 heterocycles. The van der Waals surface area contributed by atoms with Crippen molar-refractivity contribution >= 4 is 55.7 Å². The van der Waals surface area contributed by atoms with Crippen molar-refractivity contribution in [2.45, 2.75) is 225 Å². The van der Waals surface area contributed by atoms with Crippen molar-refractivity contribution in [2.24, 2.45) is 0 Å². The number of para-hydroxylation sites is 2. The van der Waals surface area contributed by atoms with Crippen LogP contribution < -0.4 is 15.0 Å². The molecule has 1 saturated heterocycles. The number of carbonyl (C=O) groups excluding carboxylic acids is 3. The summed E-state index contributed by atoms with van der Waals surface area (Å²) in [4.78, 5) is 43.7. The molecule has 7 rings (SSSR count). The number of fused-ring (bicyclic) bond motifs is 2. The quantitative estimate of drug-likeness (QED) is 0.0164. The van der Waals surface area contributed by atoms with Gasteiger partial charge in [0.2, 0.25) is 12.0 Å². The fourth-order valence-electron chi connectivity index (χ4n) is 12.4. The number of hydrogen-bond acceptors (Lipinski definition) is 16. The summed E-state index contributed by atoms with van der Waals surface area (Å²) in [5.74, 6) is 0.769. The van der Waals surface area contributed by atoms with Crippen LogP contribution in [-0.4, -0.2) is 155 Å². The lowest BCUT2D eigenvalue weighted by Gasteiger charge is -2.43. The van der Waals surface area contributed by atoms with Crippen LogP contribution in [0.25, 0.3) is 0 Å². The van der Waals surface area contributed by atoms with Gasteiger partial charge in [0, 0.05) is 54.0 Å². The molecule has 5 N–H and O–H groups in total. The number of amides is 2. The van der Waals surface area contributed by atoms with Gasteiger partial charge in [0.25, 0.3) is 20.2 Å². The number of allylic oxidation sites excluding steroid dienone is 7. The van der Waals surface area contributed by atoms with Gasteiger partial charge < -0.3 is 53.8 Å². The number of hydrogen-bond donors (Lipinski definition) is 5. The largest absolute Gasteiger partial charge is 0.511 e. The average Bonchev–Trinajstić information content (AvgIpc) is 1.59. The minimum Gasteiger partial charge on any atom is -0.457 e. The van der Waals surface area contributed by atoms with E-state index >= 15 is 0 Å². The molecule has 0 bridgehead atoms. The third-order valence-electron chi connectivity index (χ3n) is 16.8. The number of alkyl carbamates (subject to hydrolysis) is 1. The van der Waals surface area contributed by atoms with Crippen LogP contribution in [-0.2, 0) is 61.2 Å². The second kappa shape index (κ2) is 31.1. The summed E-state index contributed by atoms with van der Waals surface area (Å²) < 4.78 is 103. The number of ether oxygens (including phenoxy) is 6. The first-order chi connectivity index (χ1) is 43.8. The number of benzene rings is 3. The Bertz CT molecular complexity index is 3570. The van der Waals surface area contributed by atoms with Crippen LogP contribution >= 0.6 is 0 Å². The van der Waals surface area contributed by atoms with Gasteiger partial charge >= 0.3 is 18.3 Å². The Morgan fingerprint density at radius 1 is 0.713 bits per heavy atom. The number of rotatable bonds is 26. The second-order valence-electron chi connectivity index (χ2n) is 28.9. The molecule has 5 atom stereocenters. The SMILES string of the molecule is CC(C)(C)OC(=O)N[C@H]1[C@H](OC(=O)OC(C)(C)C)O[C@H](CN(CCCCc2cccc(OC3=C(C=CC4=[N+](CCCCCS(=O)(=O)O)c5ccccc5C4(C)C)CCCC3=CC=C3N(CCCCCS(=O)(=O)O)c4ccccc4C3(C)C)c2)C(=O)OC(C)(C)C)[C@@H](O)[C@@H]1O. The highest BCUT2D eigenvalue weighted by atomic mass is 32.2. The Labute approximate surface area is 556 Å². The molecule has 94 heavy (non-hydrogen) atoms. The predicted molar refractivity (Wildman–Crippen MR) is 362 cm³/mol. The van der Waals surface area contributed by atoms with Crippen LogP contribution in [0.15, 0.2) is 120 Å². The molecule has 0 radical (unpaired) electrons. The zero-order valence-corrected chi connectivity index (χ0v) is 58.7. The monoisotopic (exact) mass is 1350 g/mol. The van der Waals surface area contributed by atoms with E-state index in [1.54, 1.807) is 62.3 Å². The first kappa shape index (κ1) is 74.8. The molecule has 3 aliphatic heterocycles. The zero-order valence-electron chi connectivity index (χ0n) is 57.1. The Hall–Kier alpha value is -6.60. The van der Waals surface area contributed by atoms with Gasteiger partial charge in [-0.15, -0.1) is 0 Å². The highest BCUT2D eigenvalue weighted by molar-refractivity contribution is 7.86. The van der Waals surface area contributed by atoms with Crippen LogP contribution in [0, 0.1) is 0 Å². The fourth-order valence-corrected chi connectivity index (χ4v) is 13.5. The lowest BCUT2D eigenvalue weighted by molar-refractivity contribution is -0.438. The molecule has 3 aromatic carbocycles. The molecule has 0 saturated carbocycles. The van der Waals surface area contributed by atoms with E-state index in [0.29, 0.717) is 76.6 Å². The molecule has 0 unspecified atom stereocenters. The van der Waals surface area contributed by atoms with Crippen molar-refractivity contribution in [3.05, 3.63) is 136 Å². The second-order valence-corrected chi connectivity index (χ2v) is 32.0. The summed E-state index contributed by atoms with van der Waals surface area (Å²) in [6.07, 6.45) is 6.66. The van der Waals surface area contributed by atoms with Gasteiger partial charge in [-0.25, -0.2) is 14.4 Å². The Kier molecular flexibility index (Phi) is 24.7. The smallest absolute Gasteiger partial charge is 0.457 e. The number of aryl methyl sites for hydroxylation is 1. The number of carbonyl (C=O) groups is 3. The molecule has 518 valence electrons. The Morgan fingerprint density at radius 3 is 2.01 bits per heavy atom. The number of aliphatic hydroxyl groups is 2. The highest BCUT2D eigenvalue weighted by Gasteiger charge is 2.50. The molecule has 0 spiro atoms. The van der Waals surface area contributed by atoms with Gasteiger partial charge in [-0.05, 0) is 193 Å². The van der Waals surface area contributed by atoms with Gasteiger partial charge in [-0.3, -0.25) is 9.11 Å². The van der Waals surface area contributed by atoms with Crippen LogP contribution in [0.4, 0.5) is 25.8 Å². The topological polar surface area (TPSA) is 277 Å². The summed E-state index contributed by atoms with van der Waals surface area (Å²) >= 11 is 0. The van der Waals surface area contributed by atoms with E-state index in [-0.39, 0.29) is 24.6 Å². The highest BCUT2D eigenvalue weighted by Crippen LogP contribution is 2.48. The van der Waals surface area contributed by atoms with Gasteiger partial charge in [0.05, 0.1) is 23.5 Å². The summed E-state index contributed by atoms with van der Waals surface area (Å²) in [6.45, 7) is 25.0. The number of nitrogens with zero attached hydrogens (tertiary/aromatic N) is 3. The van der Waals surface area contributed by atoms with Crippen molar-refractivity contribution in [1.82, 2.24) is 10.2 Å². The third-order valence-corrected chi connectivity index (χ3v) is 18.4. The van der Waals surface area contributed by atoms with Crippen molar-refractivity contribution in [1.29, 1.82) is 0 Å². The van der Waals surface area contributed by atoms with Gasteiger partial charge in [-0.1, -0.05) is 74.9 Å². The maximum atomic E-state index is 14.0. The molecular weight excluding hydrogens is 1240 g/mol. The van der Waals surface area contributed by atoms with E-state index in [1.807, 2.05) is 48.5 Å². The molecule has 23 heteroatoms. The zero-order chi connectivity index (χ0) is 69.2. The van der Waals surface area contributed by atoms with Crippen molar-refractivity contribution < 1.29 is 83.5 Å². The Balaban J connectivity index is 1.18. The normalized spacial score (nSPS) is 21.5. The minimum absolute atomic E-state index is 0.136. The average molecular weight is 1350 g/mol. The van der Waals surface area contributed by atoms with E-state index in [9.17, 15) is 50.5 Å². The summed E-state index contributed by atoms with van der Waals surface area (Å²) in [7, 11) is -8.14. The van der Waals surface area contributed by atoms with E-state index < -0.39 is 96.9 Å². The maximum Gasteiger partial charge on any atom is 0.511 e. The molecule has 1 aliphatic carbocycles. The van der Waals surface area contributed by atoms with Crippen LogP contribution in [0.1, 0.15) is 177 Å². The first-order valence-electron chi connectivity index (χ1n) is 32.8. The van der Waals surface area contributed by atoms with E-state index in [2.05, 4.69) is 91.1 Å². The first-order valence-corrected chi connectivity index (χ1v) is 36.0. The Morgan fingerprint density at radius 2 is 1.35 bits per heavy atom. The number of nitrogens with one attached hydrogen (secondary N) is 1. The predicted octanol–water partition coefficient (Wildman–Crippen LogP) is 12.7. The molecular formula is C71H101N4O17S2+. The number of aliphatic hydroxyl groups excluding tert-OH is 2. The third kappa shape index (κ3) is 21.2. The summed E-state index contributed by atoms with van der Waals surface area (Å²) in [5.41, 5.74) is 6.04. The molecule has 0 aromatic heterocycles. The maximum absolute atomic E-state index is 14.0. The van der Waals surface area contributed by atoms with Crippen LogP contribution in [0.2, 0.25) is 0 Å². The molecule has 1 fully saturated rings. The van der Waals surface area contributed by atoms with Crippen LogP contribution in [0.3, 0.4) is 0 Å². The minimum atomic E-state index is -4.07. The van der Waals surface area contributed by atoms with E-state index in [1.165, 1.54) is 16.0 Å². The van der Waals surface area contributed by atoms with E-state index in [0.717, 1.165) is 64.5 Å². The van der Waals surface area contributed by atoms with Gasteiger partial charge in [-0.2, -0.15) is 21.4 Å². The molecule has 3 aromatic rings. The standard InChI is InChI=1S/C71H100N4O17S2/c1-67(2,3)90-64(78)72-59-61(77)60(76)56(88-63(59)89-66(80)92-69(7,8)9)47-73(65(79)91-68(4,5)6)41-23-20-28-48-29-26-32-51(46-48)87-62-49(37-39-57-70(10,11)52-33-16-18-35-54(52)74(57)42-21-14-24-44-93(81,82)83)30-27-31-50(62)38-40-58-71(12,13)53-34-17-19-36-55(53)75(58)43-22-15-25-45-94(84,85)86/h16-19,26,29,32-40,46,56,59-61,63,76-77H,14-15,20-25,27-28,30-31,41-45,47H2,1-13H3,(H2-,72,78,81,82,83,84,85,86)/p+1/t56-,59-,60-,61-,63+/m1/s1. The summed E-state index contributed by atoms with van der Waals surface area (Å²) in [5, 5.41) is 25.6. The van der Waals surface area contributed by atoms with Crippen molar-refractivity contribution in [2.75, 3.05) is 42.6 Å². The lowest BCUT2D eigenvalue weighted by atomic mass is 9.81. The molecule has 21 nitrogen and oxygen atoms in total. The fraction of sp³-hybridized carbons (Fsp3) is 0.577. The van der Waals surface area contributed by atoms with E-state index in [4.69, 9.17) is 28.4 Å². The van der Waals surface area contributed by atoms with Gasteiger partial charge in [0.15, 0.2) is 5.71 Å². The lowest BCUT2D eigenvalue weighted by Crippen LogP contribution is -2.66. The molecule has 4 aliphatic rings.